The number of urea groups is 1. The van der Waals surface area contributed by atoms with E-state index in [0.717, 1.165) is 41.8 Å². The van der Waals surface area contributed by atoms with Gasteiger partial charge in [-0.15, -0.1) is 0 Å². The van der Waals surface area contributed by atoms with Gasteiger partial charge < -0.3 is 15.0 Å². The number of hydrogen-bond acceptors (Lipinski definition) is 4. The summed E-state index contributed by atoms with van der Waals surface area (Å²) < 4.78 is 5.32. The summed E-state index contributed by atoms with van der Waals surface area (Å²) in [6.45, 7) is 3.21. The Morgan fingerprint density at radius 2 is 1.69 bits per heavy atom. The lowest BCUT2D eigenvalue weighted by atomic mass is 9.93. The van der Waals surface area contributed by atoms with E-state index >= 15 is 0 Å². The lowest BCUT2D eigenvalue weighted by Crippen LogP contribution is -2.44. The van der Waals surface area contributed by atoms with Crippen LogP contribution in [0.25, 0.3) is 22.2 Å². The maximum atomic E-state index is 13.7. The molecule has 1 saturated heterocycles. The first-order valence-corrected chi connectivity index (χ1v) is 12.4. The van der Waals surface area contributed by atoms with Crippen molar-refractivity contribution in [3.05, 3.63) is 96.6 Å². The van der Waals surface area contributed by atoms with E-state index in [4.69, 9.17) is 9.72 Å². The molecule has 2 amide bonds. The van der Waals surface area contributed by atoms with Crippen molar-refractivity contribution in [3.63, 3.8) is 0 Å². The fourth-order valence-electron chi connectivity index (χ4n) is 5.07. The highest BCUT2D eigenvalue weighted by atomic mass is 16.5. The number of anilines is 1. The number of fused-ring (bicyclic) bond motifs is 1. The number of carbonyl (C=O) groups is 1. The second-order valence-corrected chi connectivity index (χ2v) is 9.32. The number of pyridine rings is 1. The molecule has 0 unspecified atom stereocenters. The SMILES string of the molecule is COCCN1C[C@@H](N(C)C(=O)Nc2cc3ccccc3nc2-c2ccccc2)[C@H](c2ccccc2)C1. The van der Waals surface area contributed by atoms with Crippen molar-refractivity contribution in [2.24, 2.45) is 0 Å². The summed E-state index contributed by atoms with van der Waals surface area (Å²) in [6, 6.07) is 30.4. The number of likely N-dealkylation sites (tertiary alicyclic amines) is 1. The molecule has 0 bridgehead atoms. The van der Waals surface area contributed by atoms with Gasteiger partial charge in [0.2, 0.25) is 0 Å². The number of hydrogen-bond donors (Lipinski definition) is 1. The predicted octanol–water partition coefficient (Wildman–Crippen LogP) is 5.48. The standard InChI is InChI=1S/C30H32N4O2/c1-33(28-21-34(17-18-36-2)20-25(28)22-11-5-3-6-12-22)30(35)32-27-19-24-15-9-10-16-26(24)31-29(27)23-13-7-4-8-14-23/h3-16,19,25,28H,17-18,20-21H2,1-2H3,(H,32,35)/t25-,28+/m0/s1. The number of para-hydroxylation sites is 1. The molecular weight excluding hydrogens is 448 g/mol. The molecular formula is C30H32N4O2. The summed E-state index contributed by atoms with van der Waals surface area (Å²) in [4.78, 5) is 22.8. The van der Waals surface area contributed by atoms with Crippen molar-refractivity contribution < 1.29 is 9.53 Å². The van der Waals surface area contributed by atoms with Gasteiger partial charge in [0.25, 0.3) is 0 Å². The molecule has 4 aromatic rings. The Hall–Kier alpha value is -3.74. The summed E-state index contributed by atoms with van der Waals surface area (Å²) in [5, 5.41) is 4.18. The van der Waals surface area contributed by atoms with Gasteiger partial charge in [0.15, 0.2) is 0 Å². The van der Waals surface area contributed by atoms with E-state index in [-0.39, 0.29) is 18.0 Å². The number of ether oxygens (including phenoxy) is 1. The monoisotopic (exact) mass is 480 g/mol. The molecule has 3 aromatic carbocycles. The Balaban J connectivity index is 1.43. The van der Waals surface area contributed by atoms with Crippen molar-refractivity contribution in [3.8, 4) is 11.3 Å². The third kappa shape index (κ3) is 5.10. The molecule has 1 N–H and O–H groups in total. The van der Waals surface area contributed by atoms with Crippen LogP contribution in [-0.2, 0) is 4.74 Å². The van der Waals surface area contributed by atoms with Crippen molar-refractivity contribution in [2.45, 2.75) is 12.0 Å². The van der Waals surface area contributed by atoms with Crippen molar-refractivity contribution in [2.75, 3.05) is 45.7 Å². The number of aromatic nitrogens is 1. The summed E-state index contributed by atoms with van der Waals surface area (Å²) in [5.41, 5.74) is 4.59. The van der Waals surface area contributed by atoms with Crippen LogP contribution in [-0.4, -0.2) is 67.3 Å². The first kappa shape index (κ1) is 24.0. The Morgan fingerprint density at radius 3 is 2.44 bits per heavy atom. The number of nitrogens with zero attached hydrogens (tertiary/aromatic N) is 3. The van der Waals surface area contributed by atoms with Gasteiger partial charge in [-0.3, -0.25) is 4.90 Å². The summed E-state index contributed by atoms with van der Waals surface area (Å²) in [7, 11) is 3.62. The number of methoxy groups -OCH3 is 1. The second kappa shape index (κ2) is 10.9. The van der Waals surface area contributed by atoms with Gasteiger partial charge in [-0.05, 0) is 17.7 Å². The van der Waals surface area contributed by atoms with E-state index < -0.39 is 0 Å². The van der Waals surface area contributed by atoms with Crippen LogP contribution in [0.1, 0.15) is 11.5 Å². The normalized spacial score (nSPS) is 17.8. The quantitative estimate of drug-likeness (QED) is 0.381. The van der Waals surface area contributed by atoms with Gasteiger partial charge in [-0.1, -0.05) is 78.9 Å². The minimum atomic E-state index is -0.135. The van der Waals surface area contributed by atoms with Crippen LogP contribution >= 0.6 is 0 Å². The molecule has 0 saturated carbocycles. The van der Waals surface area contributed by atoms with Crippen molar-refractivity contribution in [1.82, 2.24) is 14.8 Å². The molecule has 0 spiro atoms. The van der Waals surface area contributed by atoms with Crippen LogP contribution in [0.15, 0.2) is 91.0 Å². The average Bonchev–Trinajstić information content (AvgIpc) is 3.36. The number of likely N-dealkylation sites (N-methyl/N-ethyl adjacent to an activating group) is 1. The van der Waals surface area contributed by atoms with Crippen molar-refractivity contribution >= 4 is 22.6 Å². The highest BCUT2D eigenvalue weighted by molar-refractivity contribution is 5.97. The maximum absolute atomic E-state index is 13.7. The fourth-order valence-corrected chi connectivity index (χ4v) is 5.07. The van der Waals surface area contributed by atoms with E-state index in [1.807, 2.05) is 78.7 Å². The molecule has 0 radical (unpaired) electrons. The maximum Gasteiger partial charge on any atom is 0.321 e. The molecule has 2 atom stereocenters. The van der Waals surface area contributed by atoms with Gasteiger partial charge in [0, 0.05) is 50.7 Å². The van der Waals surface area contributed by atoms with E-state index in [1.54, 1.807) is 7.11 Å². The number of benzene rings is 3. The highest BCUT2D eigenvalue weighted by Crippen LogP contribution is 2.33. The summed E-state index contributed by atoms with van der Waals surface area (Å²) in [5.74, 6) is 0.224. The summed E-state index contributed by atoms with van der Waals surface area (Å²) >= 11 is 0. The van der Waals surface area contributed by atoms with Gasteiger partial charge in [0.05, 0.1) is 29.5 Å². The smallest absolute Gasteiger partial charge is 0.321 e. The van der Waals surface area contributed by atoms with Crippen LogP contribution < -0.4 is 5.32 Å². The molecule has 1 aliphatic rings. The predicted molar refractivity (Wildman–Crippen MR) is 145 cm³/mol. The molecule has 184 valence electrons. The molecule has 1 aromatic heterocycles. The molecule has 2 heterocycles. The Kier molecular flexibility index (Phi) is 7.26. The topological polar surface area (TPSA) is 57.7 Å². The van der Waals surface area contributed by atoms with E-state index in [2.05, 4.69) is 34.5 Å². The Labute approximate surface area is 212 Å². The summed E-state index contributed by atoms with van der Waals surface area (Å²) in [6.07, 6.45) is 0. The third-order valence-electron chi connectivity index (χ3n) is 7.03. The average molecular weight is 481 g/mol. The minimum Gasteiger partial charge on any atom is -0.383 e. The van der Waals surface area contributed by atoms with Crippen LogP contribution in [0.2, 0.25) is 0 Å². The number of amides is 2. The fraction of sp³-hybridized carbons (Fsp3) is 0.267. The number of carbonyl (C=O) groups excluding carboxylic acids is 1. The van der Waals surface area contributed by atoms with E-state index in [0.29, 0.717) is 12.3 Å². The first-order valence-electron chi connectivity index (χ1n) is 12.4. The van der Waals surface area contributed by atoms with Gasteiger partial charge in [-0.2, -0.15) is 0 Å². The number of nitrogens with one attached hydrogen (secondary N) is 1. The third-order valence-corrected chi connectivity index (χ3v) is 7.03. The van der Waals surface area contributed by atoms with Crippen LogP contribution in [0.4, 0.5) is 10.5 Å². The van der Waals surface area contributed by atoms with E-state index in [9.17, 15) is 4.79 Å². The van der Waals surface area contributed by atoms with Crippen LogP contribution in [0.5, 0.6) is 0 Å². The molecule has 6 heteroatoms. The second-order valence-electron chi connectivity index (χ2n) is 9.32. The molecule has 0 aliphatic carbocycles. The molecule has 1 fully saturated rings. The van der Waals surface area contributed by atoms with Crippen LogP contribution in [0, 0.1) is 0 Å². The van der Waals surface area contributed by atoms with Gasteiger partial charge in [-0.25, -0.2) is 9.78 Å². The molecule has 5 rings (SSSR count). The van der Waals surface area contributed by atoms with Gasteiger partial charge >= 0.3 is 6.03 Å². The zero-order valence-electron chi connectivity index (χ0n) is 20.8. The lowest BCUT2D eigenvalue weighted by Gasteiger charge is -2.30. The number of rotatable bonds is 7. The highest BCUT2D eigenvalue weighted by Gasteiger charge is 2.38. The minimum absolute atomic E-state index is 0.0397. The molecule has 6 nitrogen and oxygen atoms in total. The van der Waals surface area contributed by atoms with Crippen molar-refractivity contribution in [1.29, 1.82) is 0 Å². The zero-order valence-corrected chi connectivity index (χ0v) is 20.8. The Morgan fingerprint density at radius 1 is 1.00 bits per heavy atom. The van der Waals surface area contributed by atoms with Gasteiger partial charge in [0.1, 0.15) is 0 Å². The molecule has 36 heavy (non-hydrogen) atoms. The molecule has 1 aliphatic heterocycles. The lowest BCUT2D eigenvalue weighted by molar-refractivity contribution is 0.155. The largest absolute Gasteiger partial charge is 0.383 e. The van der Waals surface area contributed by atoms with Crippen LogP contribution in [0.3, 0.4) is 0 Å². The van der Waals surface area contributed by atoms with E-state index in [1.165, 1.54) is 5.56 Å². The Bertz CT molecular complexity index is 1310. The zero-order chi connectivity index (χ0) is 24.9. The first-order chi connectivity index (χ1) is 17.6.